The summed E-state index contributed by atoms with van der Waals surface area (Å²) in [5.41, 5.74) is 0. The number of hydrogen-bond donors (Lipinski definition) is 14. The van der Waals surface area contributed by atoms with Gasteiger partial charge in [-0.1, -0.05) is 238 Å². The molecule has 3 rings (SSSR count). The smallest absolute Gasteiger partial charge is 0.364 e. The minimum Gasteiger partial charge on any atom is -0.477 e. The Kier molecular flexibility index (Phi) is 47.0. The number of carbonyl (C=O) groups excluding carboxylic acids is 2. The van der Waals surface area contributed by atoms with Gasteiger partial charge in [-0.25, -0.2) is 4.79 Å². The molecule has 0 aromatic rings. The molecule has 0 aromatic heterocycles. The second kappa shape index (κ2) is 51.6. The zero-order chi connectivity index (χ0) is 68.9. The van der Waals surface area contributed by atoms with Gasteiger partial charge in [0.1, 0.15) is 67.1 Å². The van der Waals surface area contributed by atoms with Gasteiger partial charge in [-0.3, -0.25) is 9.59 Å². The quantitative estimate of drug-likeness (QED) is 0.0203. The van der Waals surface area contributed by atoms with E-state index in [9.17, 15) is 75.7 Å². The second-order valence-corrected chi connectivity index (χ2v) is 27.2. The van der Waals surface area contributed by atoms with Crippen LogP contribution in [0.15, 0.2) is 12.2 Å². The van der Waals surface area contributed by atoms with Crippen molar-refractivity contribution in [1.82, 2.24) is 10.6 Å². The Morgan fingerprint density at radius 3 is 1.44 bits per heavy atom. The fraction of sp³-hybridized carbons (Fsp3) is 0.930. The fourth-order valence-corrected chi connectivity index (χ4v) is 13.1. The number of aliphatic carboxylic acids is 1. The molecule has 3 heterocycles. The topological polar surface area (TPSA) is 373 Å². The highest BCUT2D eigenvalue weighted by atomic mass is 16.8. The molecule has 2 amide bonds. The van der Waals surface area contributed by atoms with Crippen molar-refractivity contribution in [1.29, 1.82) is 0 Å². The van der Waals surface area contributed by atoms with Crippen LogP contribution >= 0.6 is 0 Å². The summed E-state index contributed by atoms with van der Waals surface area (Å²) in [7, 11) is 0. The summed E-state index contributed by atoms with van der Waals surface area (Å²) in [5, 5.41) is 136. The lowest BCUT2D eigenvalue weighted by atomic mass is 9.88. The van der Waals surface area contributed by atoms with Crippen molar-refractivity contribution in [2.75, 3.05) is 26.4 Å². The van der Waals surface area contributed by atoms with Crippen molar-refractivity contribution in [2.45, 2.75) is 394 Å². The number of hydrogen-bond acceptors (Lipinski definition) is 20. The van der Waals surface area contributed by atoms with Crippen LogP contribution in [-0.2, 0) is 42.8 Å². The third-order valence-electron chi connectivity index (χ3n) is 19.0. The molecule has 0 saturated carbocycles. The number of unbranched alkanes of at least 4 members (excludes halogenated alkanes) is 35. The first kappa shape index (κ1) is 85.7. The van der Waals surface area contributed by atoms with Gasteiger partial charge < -0.3 is 100 Å². The van der Waals surface area contributed by atoms with Gasteiger partial charge in [-0.2, -0.15) is 0 Å². The zero-order valence-electron chi connectivity index (χ0n) is 57.8. The maximum absolute atomic E-state index is 13.4. The van der Waals surface area contributed by atoms with E-state index in [2.05, 4.69) is 36.6 Å². The largest absolute Gasteiger partial charge is 0.477 e. The summed E-state index contributed by atoms with van der Waals surface area (Å²) in [6, 6.07) is -2.52. The van der Waals surface area contributed by atoms with Gasteiger partial charge in [0.25, 0.3) is 5.79 Å². The number of ether oxygens (including phenoxy) is 6. The number of allylic oxidation sites excluding steroid dienone is 2. The number of rotatable bonds is 57. The Balaban J connectivity index is 1.45. The standard InChI is InChI=1S/C71H132N2O21/c1-4-6-8-10-12-14-15-16-17-18-19-20-21-22-23-24-25-26-27-28-29-30-31-32-33-34-35-37-39-41-43-45-58(81)73-52(53(78)44-42-40-38-36-13-11-9-7-5-2)50-89-68-63(85)62(84)65(57(49-76)91-68)92-69-64(86)67(61(83)56(48-75)90-69)94-71(70(87)88)46-54(79)59(72-51(3)77)66(93-71)60(82)55(80)47-74/h22-23,52-57,59-69,74-76,78-80,82-86H,4-21,24-50H2,1-3H3,(H,72,77)(H,73,81)(H,87,88)/b23-22-. The lowest BCUT2D eigenvalue weighted by molar-refractivity contribution is -0.386. The molecular weight excluding hydrogens is 1220 g/mol. The van der Waals surface area contributed by atoms with E-state index in [1.54, 1.807) is 0 Å². The zero-order valence-corrected chi connectivity index (χ0v) is 57.8. The molecule has 3 aliphatic rings. The molecule has 18 unspecified atom stereocenters. The Hall–Kier alpha value is -2.53. The van der Waals surface area contributed by atoms with Gasteiger partial charge in [0.05, 0.1) is 50.7 Å². The van der Waals surface area contributed by atoms with Crippen LogP contribution in [0.5, 0.6) is 0 Å². The number of amides is 2. The average Bonchev–Trinajstić information content (AvgIpc) is 0.765. The minimum absolute atomic E-state index is 0.226. The van der Waals surface area contributed by atoms with Gasteiger partial charge in [-0.15, -0.1) is 0 Å². The molecule has 0 radical (unpaired) electrons. The lowest BCUT2D eigenvalue weighted by Gasteiger charge is -2.50. The molecule has 552 valence electrons. The van der Waals surface area contributed by atoms with Crippen LogP contribution in [0, 0.1) is 0 Å². The second-order valence-electron chi connectivity index (χ2n) is 27.2. The SMILES string of the molecule is CCCCCCCCCCCCCC/C=C\CCCCCCCCCCCCCCCCCC(=O)NC(COC1OC(CO)C(OC2OC(CO)C(O)C(OC3(C(=O)O)CC(O)C(NC(C)=O)C(C(O)C(O)CO)O3)C2O)C(O)C1O)C(O)CCCCCCCCCCC. The van der Waals surface area contributed by atoms with Crippen molar-refractivity contribution >= 4 is 17.8 Å². The number of nitrogens with one attached hydrogen (secondary N) is 2. The van der Waals surface area contributed by atoms with E-state index in [4.69, 9.17) is 28.4 Å². The predicted molar refractivity (Wildman–Crippen MR) is 357 cm³/mol. The van der Waals surface area contributed by atoms with Crippen LogP contribution in [0.25, 0.3) is 0 Å². The van der Waals surface area contributed by atoms with Gasteiger partial charge >= 0.3 is 5.97 Å². The summed E-state index contributed by atoms with van der Waals surface area (Å²) in [6.45, 7) is 2.18. The van der Waals surface area contributed by atoms with Crippen molar-refractivity contribution in [3.05, 3.63) is 12.2 Å². The van der Waals surface area contributed by atoms with E-state index in [1.165, 1.54) is 180 Å². The number of aliphatic hydroxyl groups excluding tert-OH is 11. The third-order valence-corrected chi connectivity index (χ3v) is 19.0. The predicted octanol–water partition coefficient (Wildman–Crippen LogP) is 7.85. The summed E-state index contributed by atoms with van der Waals surface area (Å²) in [6.07, 6.45) is 22.7. The number of carbonyl (C=O) groups is 3. The normalized spacial score (nSPS) is 27.9. The summed E-state index contributed by atoms with van der Waals surface area (Å²) < 4.78 is 34.8. The summed E-state index contributed by atoms with van der Waals surface area (Å²) in [4.78, 5) is 38.5. The lowest BCUT2D eigenvalue weighted by Crippen LogP contribution is -2.70. The number of carboxylic acid groups (broad SMARTS) is 1. The van der Waals surface area contributed by atoms with E-state index in [0.717, 1.165) is 58.3 Å². The minimum atomic E-state index is -3.08. The maximum atomic E-state index is 13.4. The highest BCUT2D eigenvalue weighted by Gasteiger charge is 2.60. The monoisotopic (exact) mass is 1350 g/mol. The average molecular weight is 1350 g/mol. The Bertz CT molecular complexity index is 1940. The molecule has 3 aliphatic heterocycles. The van der Waals surface area contributed by atoms with Crippen LogP contribution < -0.4 is 10.6 Å². The summed E-state index contributed by atoms with van der Waals surface area (Å²) >= 11 is 0. The first-order valence-electron chi connectivity index (χ1n) is 37.0. The molecule has 0 bridgehead atoms. The molecule has 0 aliphatic carbocycles. The Morgan fingerprint density at radius 1 is 0.543 bits per heavy atom. The van der Waals surface area contributed by atoms with Gasteiger partial charge in [0, 0.05) is 19.8 Å². The molecule has 23 heteroatoms. The van der Waals surface area contributed by atoms with E-state index in [-0.39, 0.29) is 18.9 Å². The number of aliphatic hydroxyl groups is 11. The van der Waals surface area contributed by atoms with E-state index < -0.39 is 148 Å². The molecule has 14 N–H and O–H groups in total. The van der Waals surface area contributed by atoms with Crippen molar-refractivity contribution in [3.8, 4) is 0 Å². The summed E-state index contributed by atoms with van der Waals surface area (Å²) in [5.74, 6) is -6.10. The van der Waals surface area contributed by atoms with Crippen molar-refractivity contribution < 1.29 is 104 Å². The number of carboxylic acids is 1. The Labute approximate surface area is 562 Å². The van der Waals surface area contributed by atoms with Crippen LogP contribution in [0.4, 0.5) is 0 Å². The highest BCUT2D eigenvalue weighted by molar-refractivity contribution is 5.77. The molecule has 18 atom stereocenters. The van der Waals surface area contributed by atoms with E-state index in [1.807, 2.05) is 0 Å². The Morgan fingerprint density at radius 2 is 0.989 bits per heavy atom. The third kappa shape index (κ3) is 33.1. The first-order valence-corrected chi connectivity index (χ1v) is 37.0. The fourth-order valence-electron chi connectivity index (χ4n) is 13.1. The van der Waals surface area contributed by atoms with Crippen molar-refractivity contribution in [3.63, 3.8) is 0 Å². The van der Waals surface area contributed by atoms with Crippen molar-refractivity contribution in [2.24, 2.45) is 0 Å². The highest BCUT2D eigenvalue weighted by Crippen LogP contribution is 2.39. The molecule has 23 nitrogen and oxygen atoms in total. The maximum Gasteiger partial charge on any atom is 0.364 e. The van der Waals surface area contributed by atoms with Gasteiger partial charge in [0.15, 0.2) is 12.6 Å². The first-order chi connectivity index (χ1) is 45.4. The van der Waals surface area contributed by atoms with Gasteiger partial charge in [0.2, 0.25) is 11.8 Å². The van der Waals surface area contributed by atoms with E-state index >= 15 is 0 Å². The molecule has 3 fully saturated rings. The van der Waals surface area contributed by atoms with Crippen LogP contribution in [0.3, 0.4) is 0 Å². The van der Waals surface area contributed by atoms with Crippen LogP contribution in [-0.4, -0.2) is 215 Å². The van der Waals surface area contributed by atoms with E-state index in [0.29, 0.717) is 19.3 Å². The molecular formula is C71H132N2O21. The van der Waals surface area contributed by atoms with Crippen LogP contribution in [0.2, 0.25) is 0 Å². The molecule has 0 aromatic carbocycles. The molecule has 0 spiro atoms. The van der Waals surface area contributed by atoms with Gasteiger partial charge in [-0.05, 0) is 38.5 Å². The van der Waals surface area contributed by atoms with Crippen LogP contribution in [0.1, 0.15) is 284 Å². The molecule has 3 saturated heterocycles. The molecule has 94 heavy (non-hydrogen) atoms.